The second-order valence-electron chi connectivity index (χ2n) is 8.97. The molecule has 0 saturated carbocycles. The van der Waals surface area contributed by atoms with Crippen LogP contribution in [0.25, 0.3) is 0 Å². The summed E-state index contributed by atoms with van der Waals surface area (Å²) in [6.45, 7) is 4.94. The van der Waals surface area contributed by atoms with Crippen LogP contribution in [0.3, 0.4) is 0 Å². The molecule has 0 bridgehead atoms. The van der Waals surface area contributed by atoms with Crippen LogP contribution in [-0.4, -0.2) is 44.7 Å². The number of aromatic hydroxyl groups is 2. The van der Waals surface area contributed by atoms with Crippen LogP contribution in [0.5, 0.6) is 11.8 Å². The molecular weight excluding hydrogens is 482 g/mol. The van der Waals surface area contributed by atoms with Crippen LogP contribution in [-0.2, 0) is 20.9 Å². The zero-order valence-electron chi connectivity index (χ0n) is 20.6. The molecule has 0 radical (unpaired) electrons. The van der Waals surface area contributed by atoms with Crippen LogP contribution in [0.4, 0.5) is 9.59 Å². The van der Waals surface area contributed by atoms with Crippen LogP contribution >= 0.6 is 0 Å². The number of aromatic nitrogens is 1. The van der Waals surface area contributed by atoms with Gasteiger partial charge in [-0.25, -0.2) is 14.4 Å². The van der Waals surface area contributed by atoms with Crippen LogP contribution < -0.4 is 15.5 Å². The molecule has 0 aliphatic rings. The predicted octanol–water partition coefficient (Wildman–Crippen LogP) is 3.42. The van der Waals surface area contributed by atoms with E-state index in [1.54, 1.807) is 75.4 Å². The summed E-state index contributed by atoms with van der Waals surface area (Å²) in [5, 5.41) is 24.8. The smallest absolute Gasteiger partial charge is 0.408 e. The fourth-order valence-corrected chi connectivity index (χ4v) is 3.27. The highest BCUT2D eigenvalue weighted by Crippen LogP contribution is 2.22. The quantitative estimate of drug-likeness (QED) is 0.360. The monoisotopic (exact) mass is 511 g/mol. The number of carbonyl (C=O) groups is 3. The maximum Gasteiger partial charge on any atom is 0.408 e. The molecule has 0 saturated heterocycles. The molecule has 2 aromatic carbocycles. The van der Waals surface area contributed by atoms with Gasteiger partial charge in [-0.1, -0.05) is 60.7 Å². The Balaban J connectivity index is 1.90. The second-order valence-corrected chi connectivity index (χ2v) is 8.97. The molecule has 0 fully saturated rings. The van der Waals surface area contributed by atoms with Crippen molar-refractivity contribution in [2.45, 2.75) is 45.1 Å². The number of hydrogen-bond donors (Lipinski definition) is 4. The topological polar surface area (TPSA) is 148 Å². The molecule has 4 N–H and O–H groups in total. The standard InChI is InChI=1S/C26H29N3O8/c1-26(2,3)36-25(34)27-21(18-12-8-5-9-13-18)22(23(32)37-29-19(30)14-15-20(29)31)28-24(33)35-16-17-10-6-4-7-11-17/h4-15,21-22,30-31H,16H2,1-3H3,(H,27,34)(H,28,33)/t21-,22+/m1/s1. The van der Waals surface area contributed by atoms with E-state index in [-0.39, 0.29) is 6.61 Å². The summed E-state index contributed by atoms with van der Waals surface area (Å²) in [4.78, 5) is 43.8. The number of ether oxygens (including phenoxy) is 2. The highest BCUT2D eigenvalue weighted by molar-refractivity contribution is 5.83. The highest BCUT2D eigenvalue weighted by atomic mass is 16.7. The first-order valence-corrected chi connectivity index (χ1v) is 11.4. The van der Waals surface area contributed by atoms with Gasteiger partial charge in [0.2, 0.25) is 11.8 Å². The molecule has 0 aliphatic carbocycles. The maximum absolute atomic E-state index is 13.3. The summed E-state index contributed by atoms with van der Waals surface area (Å²) in [6, 6.07) is 16.7. The van der Waals surface area contributed by atoms with E-state index in [4.69, 9.17) is 14.3 Å². The number of benzene rings is 2. The Kier molecular flexibility index (Phi) is 8.62. The lowest BCUT2D eigenvalue weighted by molar-refractivity contribution is -0.148. The number of nitrogens with one attached hydrogen (secondary N) is 2. The molecule has 3 rings (SSSR count). The van der Waals surface area contributed by atoms with Crippen molar-refractivity contribution in [1.29, 1.82) is 0 Å². The van der Waals surface area contributed by atoms with Gasteiger partial charge in [-0.2, -0.15) is 0 Å². The third-order valence-electron chi connectivity index (χ3n) is 4.88. The molecule has 2 amide bonds. The molecule has 3 aromatic rings. The fourth-order valence-electron chi connectivity index (χ4n) is 3.27. The van der Waals surface area contributed by atoms with Gasteiger partial charge >= 0.3 is 18.2 Å². The average molecular weight is 512 g/mol. The molecule has 0 unspecified atom stereocenters. The van der Waals surface area contributed by atoms with Crippen molar-refractivity contribution < 1.29 is 38.9 Å². The number of alkyl carbamates (subject to hydrolysis) is 2. The zero-order chi connectivity index (χ0) is 27.0. The SMILES string of the molecule is CC(C)(C)OC(=O)N[C@H](c1ccccc1)[C@H](NC(=O)OCc1ccccc1)C(=O)On1c(O)ccc1O. The molecule has 1 heterocycles. The molecule has 37 heavy (non-hydrogen) atoms. The first-order valence-electron chi connectivity index (χ1n) is 11.4. The van der Waals surface area contributed by atoms with Crippen molar-refractivity contribution >= 4 is 18.2 Å². The average Bonchev–Trinajstić information content (AvgIpc) is 3.17. The first kappa shape index (κ1) is 26.9. The van der Waals surface area contributed by atoms with Crippen molar-refractivity contribution in [3.8, 4) is 11.8 Å². The fraction of sp³-hybridized carbons (Fsp3) is 0.269. The summed E-state index contributed by atoms with van der Waals surface area (Å²) in [6.07, 6.45) is -1.83. The van der Waals surface area contributed by atoms with E-state index >= 15 is 0 Å². The Morgan fingerprint density at radius 2 is 1.41 bits per heavy atom. The molecule has 2 atom stereocenters. The van der Waals surface area contributed by atoms with Crippen molar-refractivity contribution in [1.82, 2.24) is 15.4 Å². The van der Waals surface area contributed by atoms with Crippen LogP contribution in [0.1, 0.15) is 37.9 Å². The third-order valence-corrected chi connectivity index (χ3v) is 4.88. The van der Waals surface area contributed by atoms with Gasteiger partial charge in [0.05, 0.1) is 6.04 Å². The van der Waals surface area contributed by atoms with Crippen LogP contribution in [0.15, 0.2) is 72.8 Å². The lowest BCUT2D eigenvalue weighted by atomic mass is 9.99. The van der Waals surface area contributed by atoms with Gasteiger partial charge in [0.25, 0.3) is 0 Å². The third kappa shape index (κ3) is 7.92. The molecule has 11 nitrogen and oxygen atoms in total. The summed E-state index contributed by atoms with van der Waals surface area (Å²) >= 11 is 0. The normalized spacial score (nSPS) is 12.6. The Morgan fingerprint density at radius 1 is 0.838 bits per heavy atom. The summed E-state index contributed by atoms with van der Waals surface area (Å²) < 4.78 is 11.1. The predicted molar refractivity (Wildman–Crippen MR) is 131 cm³/mol. The number of carbonyl (C=O) groups excluding carboxylic acids is 3. The van der Waals surface area contributed by atoms with Gasteiger partial charge in [0.1, 0.15) is 12.2 Å². The van der Waals surface area contributed by atoms with Crippen molar-refractivity contribution in [2.75, 3.05) is 0 Å². The van der Waals surface area contributed by atoms with E-state index in [2.05, 4.69) is 10.6 Å². The molecule has 0 aliphatic heterocycles. The van der Waals surface area contributed by atoms with Crippen LogP contribution in [0, 0.1) is 0 Å². The van der Waals surface area contributed by atoms with Gasteiger partial charge in [-0.15, -0.1) is 4.73 Å². The lowest BCUT2D eigenvalue weighted by Crippen LogP contribution is -2.53. The Morgan fingerprint density at radius 3 is 1.97 bits per heavy atom. The van der Waals surface area contributed by atoms with E-state index < -0.39 is 47.6 Å². The minimum atomic E-state index is -1.57. The molecular formula is C26H29N3O8. The Hall–Kier alpha value is -4.67. The lowest BCUT2D eigenvalue weighted by Gasteiger charge is -2.29. The number of amides is 2. The molecule has 196 valence electrons. The summed E-state index contributed by atoms with van der Waals surface area (Å²) in [7, 11) is 0. The van der Waals surface area contributed by atoms with E-state index in [9.17, 15) is 24.6 Å². The van der Waals surface area contributed by atoms with E-state index in [1.165, 1.54) is 0 Å². The second kappa shape index (κ2) is 11.8. The van der Waals surface area contributed by atoms with E-state index in [0.29, 0.717) is 15.9 Å². The number of hydrogen-bond acceptors (Lipinski definition) is 8. The zero-order valence-corrected chi connectivity index (χ0v) is 20.6. The van der Waals surface area contributed by atoms with Crippen molar-refractivity contribution in [3.63, 3.8) is 0 Å². The summed E-state index contributed by atoms with van der Waals surface area (Å²) in [5.74, 6) is -2.25. The maximum atomic E-state index is 13.3. The number of rotatable bonds is 8. The van der Waals surface area contributed by atoms with Crippen molar-refractivity contribution in [3.05, 3.63) is 83.9 Å². The molecule has 0 spiro atoms. The molecule has 1 aromatic heterocycles. The van der Waals surface area contributed by atoms with Gasteiger partial charge in [0, 0.05) is 12.1 Å². The Bertz CT molecular complexity index is 1190. The summed E-state index contributed by atoms with van der Waals surface area (Å²) in [5.41, 5.74) is 0.302. The van der Waals surface area contributed by atoms with Crippen LogP contribution in [0.2, 0.25) is 0 Å². The van der Waals surface area contributed by atoms with Gasteiger partial charge in [0.15, 0.2) is 6.04 Å². The van der Waals surface area contributed by atoms with Gasteiger partial charge in [-0.3, -0.25) is 0 Å². The first-order chi connectivity index (χ1) is 17.5. The largest absolute Gasteiger partial charge is 0.492 e. The van der Waals surface area contributed by atoms with Gasteiger partial charge < -0.3 is 35.2 Å². The minimum Gasteiger partial charge on any atom is -0.492 e. The molecule has 11 heteroatoms. The van der Waals surface area contributed by atoms with Gasteiger partial charge in [-0.05, 0) is 31.9 Å². The van der Waals surface area contributed by atoms with Crippen molar-refractivity contribution in [2.24, 2.45) is 0 Å². The highest BCUT2D eigenvalue weighted by Gasteiger charge is 2.36. The Labute approximate surface area is 213 Å². The van der Waals surface area contributed by atoms with E-state index in [0.717, 1.165) is 12.1 Å². The van der Waals surface area contributed by atoms with E-state index in [1.807, 2.05) is 6.07 Å². The minimum absolute atomic E-state index is 0.0802. The number of nitrogens with zero attached hydrogens (tertiary/aromatic N) is 1.